The van der Waals surface area contributed by atoms with Crippen LogP contribution in [0.5, 0.6) is 5.75 Å². The summed E-state index contributed by atoms with van der Waals surface area (Å²) >= 11 is 6.66. The van der Waals surface area contributed by atoms with Crippen LogP contribution in [0.4, 0.5) is 4.39 Å². The smallest absolute Gasteiger partial charge is 0.266 e. The van der Waals surface area contributed by atoms with Gasteiger partial charge in [0.05, 0.1) is 11.4 Å². The Kier molecular flexibility index (Phi) is 4.54. The van der Waals surface area contributed by atoms with Gasteiger partial charge in [-0.15, -0.1) is 0 Å². The SMILES string of the molecule is CC1Cc2cc(/C=C3\SC(=S)N(Cc4ccc(F)cc4)C3=O)ccc2O1. The van der Waals surface area contributed by atoms with Gasteiger partial charge < -0.3 is 4.74 Å². The second kappa shape index (κ2) is 6.85. The van der Waals surface area contributed by atoms with Crippen molar-refractivity contribution in [3.05, 3.63) is 69.9 Å². The summed E-state index contributed by atoms with van der Waals surface area (Å²) in [6.45, 7) is 2.39. The number of carbonyl (C=O) groups excluding carboxylic acids is 1. The molecule has 2 aromatic carbocycles. The number of hydrogen-bond acceptors (Lipinski definition) is 4. The maximum absolute atomic E-state index is 13.0. The van der Waals surface area contributed by atoms with Crippen molar-refractivity contribution < 1.29 is 13.9 Å². The van der Waals surface area contributed by atoms with Crippen LogP contribution >= 0.6 is 24.0 Å². The number of amides is 1. The molecule has 2 heterocycles. The second-order valence-electron chi connectivity index (χ2n) is 6.39. The second-order valence-corrected chi connectivity index (χ2v) is 8.07. The van der Waals surface area contributed by atoms with Gasteiger partial charge >= 0.3 is 0 Å². The van der Waals surface area contributed by atoms with Crippen molar-refractivity contribution in [3.63, 3.8) is 0 Å². The lowest BCUT2D eigenvalue weighted by Gasteiger charge is -2.14. The van der Waals surface area contributed by atoms with E-state index >= 15 is 0 Å². The van der Waals surface area contributed by atoms with Crippen molar-refractivity contribution in [3.8, 4) is 5.75 Å². The zero-order valence-corrected chi connectivity index (χ0v) is 15.7. The zero-order chi connectivity index (χ0) is 18.3. The lowest BCUT2D eigenvalue weighted by molar-refractivity contribution is -0.122. The Morgan fingerprint density at radius 3 is 2.85 bits per heavy atom. The molecule has 1 saturated heterocycles. The Hall–Kier alpha value is -2.18. The van der Waals surface area contributed by atoms with Crippen molar-refractivity contribution in [2.75, 3.05) is 0 Å². The normalized spacial score (nSPS) is 20.6. The standard InChI is InChI=1S/C20H16FNO2S2/c1-12-8-15-9-14(4-7-17(15)24-12)10-18-19(23)22(20(25)26-18)11-13-2-5-16(21)6-3-13/h2-7,9-10,12H,8,11H2,1H3/b18-10-. The molecule has 0 radical (unpaired) electrons. The Morgan fingerprint density at radius 2 is 2.08 bits per heavy atom. The lowest BCUT2D eigenvalue weighted by Crippen LogP contribution is -2.27. The van der Waals surface area contributed by atoms with Crippen molar-refractivity contribution in [1.29, 1.82) is 0 Å². The summed E-state index contributed by atoms with van der Waals surface area (Å²) in [6.07, 6.45) is 2.93. The number of halogens is 1. The van der Waals surface area contributed by atoms with Crippen molar-refractivity contribution >= 4 is 40.3 Å². The molecule has 2 aliphatic rings. The Balaban J connectivity index is 1.54. The van der Waals surface area contributed by atoms with E-state index in [1.807, 2.05) is 25.1 Å². The fraction of sp³-hybridized carbons (Fsp3) is 0.200. The molecule has 4 rings (SSSR count). The van der Waals surface area contributed by atoms with Crippen LogP contribution in [-0.2, 0) is 17.8 Å². The van der Waals surface area contributed by atoms with Gasteiger partial charge in [0.25, 0.3) is 5.91 Å². The minimum atomic E-state index is -0.297. The number of nitrogens with zero attached hydrogens (tertiary/aromatic N) is 1. The van der Waals surface area contributed by atoms with E-state index in [2.05, 4.69) is 6.07 Å². The monoisotopic (exact) mass is 385 g/mol. The highest BCUT2D eigenvalue weighted by atomic mass is 32.2. The Labute approximate surface area is 160 Å². The molecule has 0 spiro atoms. The van der Waals surface area contributed by atoms with Gasteiger partial charge in [0.2, 0.25) is 0 Å². The average molecular weight is 385 g/mol. The van der Waals surface area contributed by atoms with Crippen LogP contribution in [0.3, 0.4) is 0 Å². The Bertz CT molecular complexity index is 924. The van der Waals surface area contributed by atoms with Crippen molar-refractivity contribution in [2.45, 2.75) is 26.0 Å². The number of ether oxygens (including phenoxy) is 1. The first-order chi connectivity index (χ1) is 12.5. The van der Waals surface area contributed by atoms with Gasteiger partial charge in [0, 0.05) is 6.42 Å². The van der Waals surface area contributed by atoms with Crippen LogP contribution < -0.4 is 4.74 Å². The molecule has 132 valence electrons. The van der Waals surface area contributed by atoms with E-state index in [0.29, 0.717) is 15.8 Å². The number of benzene rings is 2. The van der Waals surface area contributed by atoms with Crippen LogP contribution in [-0.4, -0.2) is 21.2 Å². The van der Waals surface area contributed by atoms with Crippen molar-refractivity contribution in [1.82, 2.24) is 4.90 Å². The van der Waals surface area contributed by atoms with Crippen molar-refractivity contribution in [2.24, 2.45) is 0 Å². The van der Waals surface area contributed by atoms with Crippen LogP contribution in [0.15, 0.2) is 47.4 Å². The predicted molar refractivity (Wildman–Crippen MR) is 105 cm³/mol. The first-order valence-electron chi connectivity index (χ1n) is 8.29. The zero-order valence-electron chi connectivity index (χ0n) is 14.1. The molecule has 2 aromatic rings. The minimum absolute atomic E-state index is 0.116. The molecule has 0 aromatic heterocycles. The fourth-order valence-electron chi connectivity index (χ4n) is 3.09. The number of fused-ring (bicyclic) bond motifs is 1. The number of hydrogen-bond donors (Lipinski definition) is 0. The third-order valence-corrected chi connectivity index (χ3v) is 5.72. The highest BCUT2D eigenvalue weighted by Crippen LogP contribution is 2.35. The summed E-state index contributed by atoms with van der Waals surface area (Å²) in [5, 5.41) is 0. The maximum Gasteiger partial charge on any atom is 0.266 e. The summed E-state index contributed by atoms with van der Waals surface area (Å²) in [6, 6.07) is 12.1. The highest BCUT2D eigenvalue weighted by molar-refractivity contribution is 8.26. The predicted octanol–water partition coefficient (Wildman–Crippen LogP) is 4.55. The van der Waals surface area contributed by atoms with E-state index in [-0.39, 0.29) is 17.8 Å². The number of thioether (sulfide) groups is 1. The molecule has 1 fully saturated rings. The molecule has 6 heteroatoms. The molecule has 3 nitrogen and oxygen atoms in total. The summed E-state index contributed by atoms with van der Waals surface area (Å²) in [5.74, 6) is 0.502. The number of carbonyl (C=O) groups is 1. The van der Waals surface area contributed by atoms with Gasteiger partial charge in [-0.3, -0.25) is 9.69 Å². The molecule has 1 atom stereocenters. The van der Waals surface area contributed by atoms with Gasteiger partial charge in [-0.05, 0) is 54.0 Å². The topological polar surface area (TPSA) is 29.5 Å². The molecule has 2 aliphatic heterocycles. The summed E-state index contributed by atoms with van der Waals surface area (Å²) in [5.41, 5.74) is 2.96. The van der Waals surface area contributed by atoms with E-state index < -0.39 is 0 Å². The quantitative estimate of drug-likeness (QED) is 0.573. The molecular formula is C20H16FNO2S2. The average Bonchev–Trinajstić information content (AvgIpc) is 3.10. The van der Waals surface area contributed by atoms with E-state index in [1.54, 1.807) is 17.0 Å². The molecule has 0 saturated carbocycles. The molecule has 0 bridgehead atoms. The van der Waals surface area contributed by atoms with Gasteiger partial charge in [0.15, 0.2) is 0 Å². The van der Waals surface area contributed by atoms with Gasteiger partial charge in [-0.1, -0.05) is 42.2 Å². The van der Waals surface area contributed by atoms with Crippen LogP contribution in [0.2, 0.25) is 0 Å². The molecule has 1 amide bonds. The maximum atomic E-state index is 13.0. The van der Waals surface area contributed by atoms with Gasteiger partial charge in [-0.2, -0.15) is 0 Å². The summed E-state index contributed by atoms with van der Waals surface area (Å²) < 4.78 is 19.3. The summed E-state index contributed by atoms with van der Waals surface area (Å²) in [7, 11) is 0. The number of thiocarbonyl (C=S) groups is 1. The minimum Gasteiger partial charge on any atom is -0.490 e. The highest BCUT2D eigenvalue weighted by Gasteiger charge is 2.32. The third-order valence-electron chi connectivity index (χ3n) is 4.35. The van der Waals surface area contributed by atoms with E-state index in [9.17, 15) is 9.18 Å². The lowest BCUT2D eigenvalue weighted by atomic mass is 10.1. The van der Waals surface area contributed by atoms with Crippen LogP contribution in [0, 0.1) is 5.82 Å². The molecule has 26 heavy (non-hydrogen) atoms. The Morgan fingerprint density at radius 1 is 1.31 bits per heavy atom. The number of rotatable bonds is 3. The molecular weight excluding hydrogens is 369 g/mol. The van der Waals surface area contributed by atoms with E-state index in [1.165, 1.54) is 23.9 Å². The van der Waals surface area contributed by atoms with E-state index in [4.69, 9.17) is 17.0 Å². The fourth-order valence-corrected chi connectivity index (χ4v) is 4.35. The first kappa shape index (κ1) is 17.2. The third kappa shape index (κ3) is 3.39. The summed E-state index contributed by atoms with van der Waals surface area (Å²) in [4.78, 5) is 14.9. The molecule has 1 unspecified atom stereocenters. The van der Waals surface area contributed by atoms with Crippen LogP contribution in [0.1, 0.15) is 23.6 Å². The van der Waals surface area contributed by atoms with Crippen LogP contribution in [0.25, 0.3) is 6.08 Å². The van der Waals surface area contributed by atoms with Gasteiger partial charge in [-0.25, -0.2) is 4.39 Å². The van der Waals surface area contributed by atoms with Gasteiger partial charge in [0.1, 0.15) is 22.0 Å². The molecule has 0 N–H and O–H groups in total. The largest absolute Gasteiger partial charge is 0.490 e. The van der Waals surface area contributed by atoms with E-state index in [0.717, 1.165) is 28.9 Å². The molecule has 0 aliphatic carbocycles. The first-order valence-corrected chi connectivity index (χ1v) is 9.51.